The number of carbonyl (C=O) groups is 2. The Morgan fingerprint density at radius 3 is 1.11 bits per heavy atom. The van der Waals surface area contributed by atoms with Gasteiger partial charge in [0.25, 0.3) is 0 Å². The summed E-state index contributed by atoms with van der Waals surface area (Å²) < 4.78 is 26.8. The maximum atomic E-state index is 9.64. The van der Waals surface area contributed by atoms with Crippen molar-refractivity contribution in [3.8, 4) is 0 Å². The number of carboxylic acid groups (broad SMARTS) is 2. The number of hydrogen-bond acceptors (Lipinski definition) is 10. The molecule has 0 aromatic carbocycles. The zero-order chi connectivity index (χ0) is 29.4. The van der Waals surface area contributed by atoms with Crippen molar-refractivity contribution in [3.05, 3.63) is 0 Å². The Bertz CT molecular complexity index is 496. The van der Waals surface area contributed by atoms with Crippen LogP contribution in [0.2, 0.25) is 0 Å². The predicted octanol–water partition coefficient (Wildman–Crippen LogP) is 1.71. The molecule has 0 radical (unpaired) electrons. The summed E-state index contributed by atoms with van der Waals surface area (Å²) >= 11 is 0. The smallest absolute Gasteiger partial charge is 0.303 e. The molecule has 6 atom stereocenters. The van der Waals surface area contributed by atoms with Gasteiger partial charge >= 0.3 is 11.9 Å². The minimum absolute atomic E-state index is 0.00361. The van der Waals surface area contributed by atoms with Crippen molar-refractivity contribution in [2.75, 3.05) is 39.6 Å². The van der Waals surface area contributed by atoms with Crippen LogP contribution in [0.25, 0.3) is 0 Å². The lowest BCUT2D eigenvalue weighted by Gasteiger charge is -2.19. The van der Waals surface area contributed by atoms with E-state index < -0.39 is 24.1 Å². The van der Waals surface area contributed by atoms with Crippen molar-refractivity contribution in [1.29, 1.82) is 0 Å². The molecule has 5 N–H and O–H groups in total. The summed E-state index contributed by atoms with van der Waals surface area (Å²) in [6.45, 7) is 17.2. The van der Waals surface area contributed by atoms with Crippen molar-refractivity contribution in [3.63, 3.8) is 0 Å². The third kappa shape index (κ3) is 39.3. The number of carboxylic acids is 2. The van der Waals surface area contributed by atoms with Crippen LogP contribution in [0.4, 0.5) is 0 Å². The fourth-order valence-corrected chi connectivity index (χ4v) is 1.95. The third-order valence-corrected chi connectivity index (χ3v) is 3.95. The summed E-state index contributed by atoms with van der Waals surface area (Å²) in [5.74, 6) is -2.15. The molecular weight excluding hydrogens is 492 g/mol. The molecule has 0 aliphatic heterocycles. The molecule has 0 saturated heterocycles. The van der Waals surface area contributed by atoms with Crippen molar-refractivity contribution >= 4 is 11.9 Å². The summed E-state index contributed by atoms with van der Waals surface area (Å²) in [4.78, 5) is 19.3. The van der Waals surface area contributed by atoms with Gasteiger partial charge in [0.1, 0.15) is 0 Å². The first-order valence-electron chi connectivity index (χ1n) is 12.6. The van der Waals surface area contributed by atoms with E-state index in [1.807, 2.05) is 34.6 Å². The van der Waals surface area contributed by atoms with Crippen LogP contribution in [0, 0.1) is 0 Å². The van der Waals surface area contributed by atoms with Gasteiger partial charge in [-0.3, -0.25) is 9.59 Å². The Hall–Kier alpha value is -1.38. The van der Waals surface area contributed by atoms with E-state index in [-0.39, 0.29) is 50.0 Å². The highest BCUT2D eigenvalue weighted by molar-refractivity contribution is 5.75. The van der Waals surface area contributed by atoms with Gasteiger partial charge in [0.05, 0.1) is 95.2 Å². The molecule has 0 saturated carbocycles. The molecule has 0 spiro atoms. The third-order valence-electron chi connectivity index (χ3n) is 3.95. The van der Waals surface area contributed by atoms with E-state index in [2.05, 4.69) is 0 Å². The Morgan fingerprint density at radius 1 is 0.541 bits per heavy atom. The van der Waals surface area contributed by atoms with E-state index >= 15 is 0 Å². The molecular formula is C25H52O12. The second kappa shape index (κ2) is 26.2. The van der Waals surface area contributed by atoms with E-state index in [0.29, 0.717) is 33.0 Å². The largest absolute Gasteiger partial charge is 0.481 e. The molecule has 0 heterocycles. The van der Waals surface area contributed by atoms with Crippen LogP contribution in [0.5, 0.6) is 0 Å². The molecule has 12 heteroatoms. The maximum Gasteiger partial charge on any atom is 0.303 e. The van der Waals surface area contributed by atoms with Gasteiger partial charge in [-0.15, -0.1) is 0 Å². The molecule has 37 heavy (non-hydrogen) atoms. The van der Waals surface area contributed by atoms with Crippen LogP contribution in [0.1, 0.15) is 68.2 Å². The van der Waals surface area contributed by atoms with E-state index in [1.54, 1.807) is 20.8 Å². The van der Waals surface area contributed by atoms with Crippen molar-refractivity contribution < 1.29 is 58.8 Å². The highest BCUT2D eigenvalue weighted by atomic mass is 16.6. The SMILES string of the molecule is CC(O)COC(C)COC(C)CO.CC(O)COC(C)COC(C)COC(C)C.O=C(O)CCC(=O)O. The van der Waals surface area contributed by atoms with Crippen LogP contribution < -0.4 is 0 Å². The van der Waals surface area contributed by atoms with Crippen LogP contribution >= 0.6 is 0 Å². The van der Waals surface area contributed by atoms with Gasteiger partial charge in [-0.1, -0.05) is 0 Å². The predicted molar refractivity (Wildman–Crippen MR) is 138 cm³/mol. The standard InChI is InChI=1S/C12H26O4.C9H20O4.C4H6O4/c1-9(2)14-7-11(4)16-8-12(5)15-6-10(3)13;1-7(11)5-12-9(3)6-13-8(2)4-10;5-3(6)1-2-4(7)8/h9-13H,6-8H2,1-5H3;7-11H,4-6H2,1-3H3;1-2H2,(H,5,6)(H,7,8). The summed E-state index contributed by atoms with van der Waals surface area (Å²) in [6, 6.07) is 0. The van der Waals surface area contributed by atoms with Crippen molar-refractivity contribution in [2.45, 2.75) is 111 Å². The zero-order valence-corrected chi connectivity index (χ0v) is 23.8. The number of aliphatic hydroxyl groups excluding tert-OH is 3. The number of hydrogen-bond donors (Lipinski definition) is 5. The van der Waals surface area contributed by atoms with Gasteiger partial charge in [-0.25, -0.2) is 0 Å². The Balaban J connectivity index is -0.000000495. The average Bonchev–Trinajstić information content (AvgIpc) is 2.81. The Labute approximate surface area is 221 Å². The minimum atomic E-state index is -1.08. The summed E-state index contributed by atoms with van der Waals surface area (Å²) in [5, 5.41) is 42.4. The Kier molecular flexibility index (Phi) is 28.4. The lowest BCUT2D eigenvalue weighted by Crippen LogP contribution is -2.26. The van der Waals surface area contributed by atoms with Crippen molar-refractivity contribution in [2.24, 2.45) is 0 Å². The van der Waals surface area contributed by atoms with Crippen LogP contribution in [0.15, 0.2) is 0 Å². The number of aliphatic hydroxyl groups is 3. The summed E-state index contributed by atoms with van der Waals surface area (Å²) in [5.41, 5.74) is 0. The van der Waals surface area contributed by atoms with Crippen LogP contribution in [-0.2, 0) is 33.3 Å². The van der Waals surface area contributed by atoms with Gasteiger partial charge in [0.15, 0.2) is 0 Å². The molecule has 0 rings (SSSR count). The molecule has 0 aromatic heterocycles. The highest BCUT2D eigenvalue weighted by Gasteiger charge is 2.09. The summed E-state index contributed by atoms with van der Waals surface area (Å²) in [6.07, 6.45) is -1.38. The lowest BCUT2D eigenvalue weighted by molar-refractivity contribution is -0.143. The fourth-order valence-electron chi connectivity index (χ4n) is 1.95. The Morgan fingerprint density at radius 2 is 0.838 bits per heavy atom. The second-order valence-electron chi connectivity index (χ2n) is 9.13. The van der Waals surface area contributed by atoms with E-state index in [0.717, 1.165) is 0 Å². The van der Waals surface area contributed by atoms with Gasteiger partial charge in [0, 0.05) is 0 Å². The molecule has 0 bridgehead atoms. The molecule has 0 aliphatic rings. The first-order chi connectivity index (χ1) is 17.1. The van der Waals surface area contributed by atoms with Gasteiger partial charge in [-0.2, -0.15) is 0 Å². The fraction of sp³-hybridized carbons (Fsp3) is 0.920. The van der Waals surface area contributed by atoms with Gasteiger partial charge < -0.3 is 49.2 Å². The van der Waals surface area contributed by atoms with Gasteiger partial charge in [0.2, 0.25) is 0 Å². The minimum Gasteiger partial charge on any atom is -0.481 e. The molecule has 0 amide bonds. The van der Waals surface area contributed by atoms with E-state index in [9.17, 15) is 9.59 Å². The van der Waals surface area contributed by atoms with E-state index in [4.69, 9.17) is 49.2 Å². The zero-order valence-electron chi connectivity index (χ0n) is 23.8. The van der Waals surface area contributed by atoms with E-state index in [1.165, 1.54) is 0 Å². The van der Waals surface area contributed by atoms with Crippen molar-refractivity contribution in [1.82, 2.24) is 0 Å². The molecule has 6 unspecified atom stereocenters. The first-order valence-corrected chi connectivity index (χ1v) is 12.6. The molecule has 0 aliphatic carbocycles. The second-order valence-corrected chi connectivity index (χ2v) is 9.13. The molecule has 0 fully saturated rings. The maximum absolute atomic E-state index is 9.64. The quantitative estimate of drug-likeness (QED) is 0.159. The number of aliphatic carboxylic acids is 2. The molecule has 12 nitrogen and oxygen atoms in total. The lowest BCUT2D eigenvalue weighted by atomic mass is 10.3. The molecule has 0 aromatic rings. The topological polar surface area (TPSA) is 181 Å². The molecule has 224 valence electrons. The number of rotatable bonds is 19. The van der Waals surface area contributed by atoms with Crippen LogP contribution in [-0.4, -0.2) is 120 Å². The van der Waals surface area contributed by atoms with Crippen LogP contribution in [0.3, 0.4) is 0 Å². The summed E-state index contributed by atoms with van der Waals surface area (Å²) in [7, 11) is 0. The average molecular weight is 545 g/mol. The monoisotopic (exact) mass is 544 g/mol. The number of ether oxygens (including phenoxy) is 5. The highest BCUT2D eigenvalue weighted by Crippen LogP contribution is 2.00. The normalized spacial score (nSPS) is 15.8. The first kappa shape index (κ1) is 40.1. The van der Waals surface area contributed by atoms with Gasteiger partial charge in [-0.05, 0) is 55.4 Å².